The maximum Gasteiger partial charge on any atom is 0.326 e. The van der Waals surface area contributed by atoms with E-state index in [0.717, 1.165) is 49.4 Å². The molecule has 1 unspecified atom stereocenters. The first-order valence-corrected chi connectivity index (χ1v) is 20.7. The van der Waals surface area contributed by atoms with Crippen LogP contribution in [0, 0.1) is 12.7 Å². The molecule has 8 rings (SSSR count). The Kier molecular flexibility index (Phi) is 12.9. The zero-order valence-electron chi connectivity index (χ0n) is 34.6. The molecule has 0 saturated carbocycles. The van der Waals surface area contributed by atoms with Crippen LogP contribution in [0.4, 0.5) is 10.2 Å². The molecule has 62 heavy (non-hydrogen) atoms. The van der Waals surface area contributed by atoms with Crippen molar-refractivity contribution in [2.24, 2.45) is 0 Å². The van der Waals surface area contributed by atoms with Crippen molar-refractivity contribution in [2.45, 2.75) is 26.0 Å². The van der Waals surface area contributed by atoms with E-state index in [1.165, 1.54) is 12.1 Å². The number of nitrogens with one attached hydrogen (secondary N) is 1. The van der Waals surface area contributed by atoms with E-state index in [1.807, 2.05) is 61.5 Å². The van der Waals surface area contributed by atoms with Gasteiger partial charge in [-0.05, 0) is 91.3 Å². The van der Waals surface area contributed by atoms with Crippen LogP contribution in [-0.2, 0) is 17.8 Å². The number of fused-ring (bicyclic) bond motifs is 1. The third kappa shape index (κ3) is 9.35. The third-order valence-corrected chi connectivity index (χ3v) is 11.5. The minimum absolute atomic E-state index is 0.0445. The Labute approximate surface area is 363 Å². The standard InChI is InChI=1S/C48H46ClFN6O6/c1-30-35(16-17-41(44(30)49)60-27-26-56-24-22-55(2)23-25-56)42-43-40(62-45(42)31-12-14-33(50)15-13-31)19-21-52-47(43)54-37(48(57)58)28-32-8-4-6-10-38(32)61-29-34-18-20-51-46(53-34)36-9-5-7-11-39(36)59-3/h4-21,37H,22-29H2,1-3H3,(H,52,54)(H,57,58). The highest BCUT2D eigenvalue weighted by Crippen LogP contribution is 2.47. The Morgan fingerprint density at radius 1 is 0.887 bits per heavy atom. The van der Waals surface area contributed by atoms with Crippen molar-refractivity contribution in [1.82, 2.24) is 24.8 Å². The van der Waals surface area contributed by atoms with Crippen molar-refractivity contribution < 1.29 is 32.9 Å². The molecule has 1 saturated heterocycles. The van der Waals surface area contributed by atoms with Crippen molar-refractivity contribution in [3.05, 3.63) is 137 Å². The van der Waals surface area contributed by atoms with Gasteiger partial charge in [-0.15, -0.1) is 0 Å². The number of anilines is 1. The van der Waals surface area contributed by atoms with Gasteiger partial charge in [0.15, 0.2) is 5.82 Å². The largest absolute Gasteiger partial charge is 0.496 e. The van der Waals surface area contributed by atoms with E-state index in [9.17, 15) is 14.3 Å². The number of carbonyl (C=O) groups is 1. The number of nitrogens with zero attached hydrogens (tertiary/aromatic N) is 5. The number of carboxylic acids is 1. The zero-order chi connectivity index (χ0) is 43.2. The summed E-state index contributed by atoms with van der Waals surface area (Å²) in [5.41, 5.74) is 5.17. The van der Waals surface area contributed by atoms with Gasteiger partial charge in [0.25, 0.3) is 0 Å². The second-order valence-electron chi connectivity index (χ2n) is 15.1. The number of likely N-dealkylation sites (N-methyl/N-ethyl adjacent to an activating group) is 1. The predicted molar refractivity (Wildman–Crippen MR) is 238 cm³/mol. The fraction of sp³-hybridized carbons (Fsp3) is 0.250. The summed E-state index contributed by atoms with van der Waals surface area (Å²) in [6.45, 7) is 7.27. The van der Waals surface area contributed by atoms with Crippen molar-refractivity contribution in [1.29, 1.82) is 0 Å². The van der Waals surface area contributed by atoms with Gasteiger partial charge in [-0.2, -0.15) is 0 Å². The van der Waals surface area contributed by atoms with Gasteiger partial charge in [0, 0.05) is 62.7 Å². The Morgan fingerprint density at radius 2 is 1.63 bits per heavy atom. The summed E-state index contributed by atoms with van der Waals surface area (Å²) in [6, 6.07) is 26.9. The topological polar surface area (TPSA) is 135 Å². The van der Waals surface area contributed by atoms with E-state index in [4.69, 9.17) is 35.2 Å². The summed E-state index contributed by atoms with van der Waals surface area (Å²) in [6.07, 6.45) is 3.26. The Bertz CT molecular complexity index is 2690. The Balaban J connectivity index is 1.08. The van der Waals surface area contributed by atoms with Gasteiger partial charge in [0.2, 0.25) is 0 Å². The summed E-state index contributed by atoms with van der Waals surface area (Å²) >= 11 is 7.05. The number of methoxy groups -OCH3 is 1. The quantitative estimate of drug-likeness (QED) is 0.0960. The lowest BCUT2D eigenvalue weighted by Gasteiger charge is -2.32. The molecule has 0 amide bonds. The van der Waals surface area contributed by atoms with Gasteiger partial charge < -0.3 is 34.0 Å². The third-order valence-electron chi connectivity index (χ3n) is 11.0. The number of furan rings is 1. The van der Waals surface area contributed by atoms with E-state index >= 15 is 0 Å². The number of piperazine rings is 1. The number of ether oxygens (including phenoxy) is 3. The monoisotopic (exact) mass is 856 g/mol. The van der Waals surface area contributed by atoms with Gasteiger partial charge in [-0.3, -0.25) is 4.90 Å². The first-order valence-electron chi connectivity index (χ1n) is 20.3. The maximum atomic E-state index is 14.2. The molecular weight excluding hydrogens is 811 g/mol. The van der Waals surface area contributed by atoms with Crippen LogP contribution < -0.4 is 19.5 Å². The van der Waals surface area contributed by atoms with Crippen LogP contribution in [0.2, 0.25) is 5.02 Å². The van der Waals surface area contributed by atoms with E-state index in [2.05, 4.69) is 32.1 Å². The second kappa shape index (κ2) is 19.0. The highest BCUT2D eigenvalue weighted by molar-refractivity contribution is 6.33. The molecule has 4 heterocycles. The normalized spacial score (nSPS) is 13.8. The molecule has 1 fully saturated rings. The molecule has 0 aliphatic carbocycles. The minimum Gasteiger partial charge on any atom is -0.496 e. The van der Waals surface area contributed by atoms with Crippen molar-refractivity contribution in [2.75, 3.05) is 58.8 Å². The summed E-state index contributed by atoms with van der Waals surface area (Å²) in [7, 11) is 3.72. The van der Waals surface area contributed by atoms with Gasteiger partial charge in [0.1, 0.15) is 59.5 Å². The summed E-state index contributed by atoms with van der Waals surface area (Å²) in [5, 5.41) is 14.9. The van der Waals surface area contributed by atoms with Gasteiger partial charge >= 0.3 is 5.97 Å². The highest BCUT2D eigenvalue weighted by Gasteiger charge is 2.27. The van der Waals surface area contributed by atoms with E-state index < -0.39 is 17.8 Å². The van der Waals surface area contributed by atoms with Crippen molar-refractivity contribution >= 4 is 34.4 Å². The summed E-state index contributed by atoms with van der Waals surface area (Å²) in [4.78, 5) is 31.6. The van der Waals surface area contributed by atoms with Crippen LogP contribution in [0.5, 0.6) is 17.2 Å². The Morgan fingerprint density at radius 3 is 2.40 bits per heavy atom. The molecule has 1 aliphatic heterocycles. The molecule has 1 aliphatic rings. The molecule has 1 atom stereocenters. The number of para-hydroxylation sites is 2. The van der Waals surface area contributed by atoms with Crippen LogP contribution in [0.1, 0.15) is 16.8 Å². The fourth-order valence-electron chi connectivity index (χ4n) is 7.60. The van der Waals surface area contributed by atoms with E-state index in [-0.39, 0.29) is 18.8 Å². The lowest BCUT2D eigenvalue weighted by molar-refractivity contribution is -0.137. The first kappa shape index (κ1) is 42.2. The lowest BCUT2D eigenvalue weighted by atomic mass is 9.95. The van der Waals surface area contributed by atoms with Crippen LogP contribution in [0.15, 0.2) is 114 Å². The molecule has 3 aromatic heterocycles. The van der Waals surface area contributed by atoms with Crippen LogP contribution in [0.3, 0.4) is 0 Å². The average Bonchev–Trinajstić information content (AvgIpc) is 3.68. The molecule has 0 bridgehead atoms. The first-order chi connectivity index (χ1) is 30.2. The molecule has 14 heteroatoms. The zero-order valence-corrected chi connectivity index (χ0v) is 35.4. The molecule has 0 radical (unpaired) electrons. The highest BCUT2D eigenvalue weighted by atomic mass is 35.5. The van der Waals surface area contributed by atoms with Gasteiger partial charge in [-0.1, -0.05) is 48.0 Å². The van der Waals surface area contributed by atoms with Crippen LogP contribution in [0.25, 0.3) is 44.8 Å². The predicted octanol–water partition coefficient (Wildman–Crippen LogP) is 9.04. The second-order valence-corrected chi connectivity index (χ2v) is 15.5. The van der Waals surface area contributed by atoms with Crippen LogP contribution >= 0.6 is 11.6 Å². The fourth-order valence-corrected chi connectivity index (χ4v) is 7.82. The number of benzene rings is 4. The molecule has 4 aromatic carbocycles. The summed E-state index contributed by atoms with van der Waals surface area (Å²) < 4.78 is 38.7. The average molecular weight is 857 g/mol. The number of aromatic nitrogens is 3. The summed E-state index contributed by atoms with van der Waals surface area (Å²) in [5.74, 6) is 1.44. The van der Waals surface area contributed by atoms with Crippen molar-refractivity contribution in [3.8, 4) is 51.1 Å². The molecule has 7 aromatic rings. The lowest BCUT2D eigenvalue weighted by Crippen LogP contribution is -2.45. The molecule has 12 nitrogen and oxygen atoms in total. The van der Waals surface area contributed by atoms with Crippen LogP contribution in [-0.4, -0.2) is 95.4 Å². The van der Waals surface area contributed by atoms with Gasteiger partial charge in [-0.25, -0.2) is 24.1 Å². The van der Waals surface area contributed by atoms with E-state index in [0.29, 0.717) is 73.8 Å². The Hall–Kier alpha value is -6.54. The minimum atomic E-state index is -1.15. The molecule has 2 N–H and O–H groups in total. The number of aliphatic carboxylic acids is 1. The molecule has 318 valence electrons. The number of carboxylic acid groups (broad SMARTS) is 1. The van der Waals surface area contributed by atoms with Crippen molar-refractivity contribution in [3.63, 3.8) is 0 Å². The number of pyridine rings is 1. The number of hydrogen-bond acceptors (Lipinski definition) is 11. The number of halogens is 2. The molecule has 0 spiro atoms. The number of hydrogen-bond donors (Lipinski definition) is 2. The number of rotatable bonds is 16. The maximum absolute atomic E-state index is 14.2. The molecular formula is C48H46ClFN6O6. The van der Waals surface area contributed by atoms with Gasteiger partial charge in [0.05, 0.1) is 28.8 Å². The SMILES string of the molecule is COc1ccccc1-c1nccc(COc2ccccc2CC(Nc2nccc3oc(-c4ccc(F)cc4)c(-c4ccc(OCCN5CCN(C)CC5)c(Cl)c4C)c23)C(=O)O)n1. The smallest absolute Gasteiger partial charge is 0.326 e. The van der Waals surface area contributed by atoms with E-state index in [1.54, 1.807) is 49.8 Å².